The molecule has 0 bridgehead atoms. The molecule has 1 fully saturated rings. The minimum Gasteiger partial charge on any atom is -0.478 e. The molecule has 3 rings (SSSR count). The van der Waals surface area contributed by atoms with Gasteiger partial charge < -0.3 is 26.0 Å². The maximum Gasteiger partial charge on any atom is 0.328 e. The van der Waals surface area contributed by atoms with Gasteiger partial charge in [0.1, 0.15) is 18.2 Å². The van der Waals surface area contributed by atoms with Gasteiger partial charge in [-0.2, -0.15) is 0 Å². The lowest BCUT2D eigenvalue weighted by atomic mass is 10.1. The highest BCUT2D eigenvalue weighted by atomic mass is 16.4. The molecule has 2 aliphatic rings. The van der Waals surface area contributed by atoms with Crippen LogP contribution in [0.2, 0.25) is 0 Å². The minimum atomic E-state index is -1.26. The SMILES string of the molecule is NC1c2ccccc2N=C2CCC(O)N21.O=C(O)/C=C\C(=O)O. The number of amidine groups is 1. The summed E-state index contributed by atoms with van der Waals surface area (Å²) in [6.07, 6.45) is 1.91. The first-order valence-electron chi connectivity index (χ1n) is 6.92. The first kappa shape index (κ1) is 16.7. The number of benzene rings is 1. The second-order valence-electron chi connectivity index (χ2n) is 4.97. The van der Waals surface area contributed by atoms with Crippen molar-refractivity contribution in [3.05, 3.63) is 42.0 Å². The molecular weight excluding hydrogens is 302 g/mol. The molecule has 0 amide bonds. The molecule has 1 aromatic carbocycles. The Bertz CT molecular complexity index is 655. The summed E-state index contributed by atoms with van der Waals surface area (Å²) in [5.74, 6) is -1.60. The number of carboxylic acids is 2. The molecule has 2 unspecified atom stereocenters. The third-order valence-corrected chi connectivity index (χ3v) is 3.42. The van der Waals surface area contributed by atoms with Gasteiger partial charge in [-0.25, -0.2) is 14.6 Å². The third kappa shape index (κ3) is 3.93. The molecular formula is C15H17N3O5. The summed E-state index contributed by atoms with van der Waals surface area (Å²) in [6, 6.07) is 7.83. The van der Waals surface area contributed by atoms with Gasteiger partial charge in [-0.15, -0.1) is 0 Å². The normalized spacial score (nSPS) is 21.8. The van der Waals surface area contributed by atoms with E-state index in [2.05, 4.69) is 4.99 Å². The number of hydrogen-bond donors (Lipinski definition) is 4. The molecule has 0 spiro atoms. The van der Waals surface area contributed by atoms with Gasteiger partial charge in [0.15, 0.2) is 0 Å². The largest absolute Gasteiger partial charge is 0.478 e. The van der Waals surface area contributed by atoms with Crippen LogP contribution in [0.4, 0.5) is 5.69 Å². The number of nitrogens with zero attached hydrogens (tertiary/aromatic N) is 2. The van der Waals surface area contributed by atoms with E-state index in [1.54, 1.807) is 0 Å². The van der Waals surface area contributed by atoms with Gasteiger partial charge in [0.05, 0.1) is 5.69 Å². The zero-order valence-electron chi connectivity index (χ0n) is 12.2. The van der Waals surface area contributed by atoms with Gasteiger partial charge in [-0.3, -0.25) is 0 Å². The number of carbonyl (C=O) groups is 2. The lowest BCUT2D eigenvalue weighted by Crippen LogP contribution is -2.42. The fourth-order valence-corrected chi connectivity index (χ4v) is 2.43. The van der Waals surface area contributed by atoms with Crippen molar-refractivity contribution in [2.45, 2.75) is 25.2 Å². The van der Waals surface area contributed by atoms with E-state index >= 15 is 0 Å². The molecule has 0 aliphatic carbocycles. The first-order chi connectivity index (χ1) is 10.9. The standard InChI is InChI=1S/C11H13N3O.C4H4O4/c12-11-7-3-1-2-4-8(7)13-9-5-6-10(15)14(9)11;5-3(6)1-2-4(7)8/h1-4,10-11,15H,5-6,12H2;1-2H,(H,5,6)(H,7,8)/b;2-1-. The molecule has 5 N–H and O–H groups in total. The Labute approximate surface area is 132 Å². The fraction of sp³-hybridized carbons (Fsp3) is 0.267. The van der Waals surface area contributed by atoms with Crippen LogP contribution in [-0.2, 0) is 9.59 Å². The highest BCUT2D eigenvalue weighted by molar-refractivity contribution is 5.90. The van der Waals surface area contributed by atoms with Gasteiger partial charge >= 0.3 is 11.9 Å². The number of aliphatic hydroxyl groups is 1. The molecule has 1 saturated heterocycles. The lowest BCUT2D eigenvalue weighted by molar-refractivity contribution is -0.134. The van der Waals surface area contributed by atoms with E-state index in [1.165, 1.54) is 0 Å². The highest BCUT2D eigenvalue weighted by Crippen LogP contribution is 2.36. The van der Waals surface area contributed by atoms with Crippen LogP contribution in [0.3, 0.4) is 0 Å². The molecule has 8 nitrogen and oxygen atoms in total. The number of hydrogen-bond acceptors (Lipinski definition) is 6. The number of aliphatic imine (C=N–C) groups is 1. The van der Waals surface area contributed by atoms with Crippen LogP contribution < -0.4 is 5.73 Å². The second-order valence-corrected chi connectivity index (χ2v) is 4.97. The second kappa shape index (κ2) is 7.03. The Morgan fingerprint density at radius 1 is 1.22 bits per heavy atom. The van der Waals surface area contributed by atoms with Gasteiger partial charge in [-0.1, -0.05) is 18.2 Å². The monoisotopic (exact) mass is 319 g/mol. The minimum absolute atomic E-state index is 0.258. The Kier molecular flexibility index (Phi) is 5.09. The van der Waals surface area contributed by atoms with Gasteiger partial charge in [0, 0.05) is 24.1 Å². The molecule has 0 aromatic heterocycles. The van der Waals surface area contributed by atoms with Crippen molar-refractivity contribution >= 4 is 23.5 Å². The van der Waals surface area contributed by atoms with Crippen LogP contribution in [0.1, 0.15) is 24.6 Å². The number of aliphatic hydroxyl groups excluding tert-OH is 1. The van der Waals surface area contributed by atoms with Crippen LogP contribution in [0.5, 0.6) is 0 Å². The van der Waals surface area contributed by atoms with Crippen molar-refractivity contribution in [3.8, 4) is 0 Å². The molecule has 1 aromatic rings. The van der Waals surface area contributed by atoms with Crippen LogP contribution in [-0.4, -0.2) is 44.2 Å². The Morgan fingerprint density at radius 3 is 2.43 bits per heavy atom. The molecule has 8 heteroatoms. The Balaban J connectivity index is 0.000000207. The zero-order valence-corrected chi connectivity index (χ0v) is 12.2. The number of para-hydroxylation sites is 1. The van der Waals surface area contributed by atoms with Crippen molar-refractivity contribution in [1.82, 2.24) is 4.90 Å². The van der Waals surface area contributed by atoms with Gasteiger partial charge in [-0.05, 0) is 12.5 Å². The van der Waals surface area contributed by atoms with E-state index in [1.807, 2.05) is 29.2 Å². The summed E-state index contributed by atoms with van der Waals surface area (Å²) in [4.78, 5) is 25.4. The highest BCUT2D eigenvalue weighted by Gasteiger charge is 2.36. The first-order valence-corrected chi connectivity index (χ1v) is 6.92. The van der Waals surface area contributed by atoms with E-state index in [0.717, 1.165) is 29.9 Å². The summed E-state index contributed by atoms with van der Waals surface area (Å²) >= 11 is 0. The zero-order chi connectivity index (χ0) is 17.0. The van der Waals surface area contributed by atoms with Crippen LogP contribution in [0.25, 0.3) is 0 Å². The summed E-state index contributed by atoms with van der Waals surface area (Å²) in [5.41, 5.74) is 8.03. The summed E-state index contributed by atoms with van der Waals surface area (Å²) in [6.45, 7) is 0. The maximum atomic E-state index is 9.79. The number of rotatable bonds is 2. The lowest BCUT2D eigenvalue weighted by Gasteiger charge is -2.33. The van der Waals surface area contributed by atoms with Crippen LogP contribution >= 0.6 is 0 Å². The van der Waals surface area contributed by atoms with Crippen molar-refractivity contribution in [3.63, 3.8) is 0 Å². The molecule has 23 heavy (non-hydrogen) atoms. The average molecular weight is 319 g/mol. The molecule has 2 aliphatic heterocycles. The van der Waals surface area contributed by atoms with E-state index in [-0.39, 0.29) is 6.17 Å². The van der Waals surface area contributed by atoms with Crippen LogP contribution in [0, 0.1) is 0 Å². The van der Waals surface area contributed by atoms with Crippen molar-refractivity contribution in [2.24, 2.45) is 10.7 Å². The van der Waals surface area contributed by atoms with Gasteiger partial charge in [0.25, 0.3) is 0 Å². The van der Waals surface area contributed by atoms with Crippen molar-refractivity contribution < 1.29 is 24.9 Å². The molecule has 2 heterocycles. The number of carboxylic acid groups (broad SMARTS) is 2. The number of fused-ring (bicyclic) bond motifs is 2. The van der Waals surface area contributed by atoms with Crippen molar-refractivity contribution in [2.75, 3.05) is 0 Å². The van der Waals surface area contributed by atoms with Crippen LogP contribution in [0.15, 0.2) is 41.4 Å². The number of aliphatic carboxylic acids is 2. The fourth-order valence-electron chi connectivity index (χ4n) is 2.43. The predicted octanol–water partition coefficient (Wildman–Crippen LogP) is 0.813. The third-order valence-electron chi connectivity index (χ3n) is 3.42. The van der Waals surface area contributed by atoms with E-state index in [9.17, 15) is 14.7 Å². The van der Waals surface area contributed by atoms with E-state index < -0.39 is 18.2 Å². The molecule has 0 radical (unpaired) electrons. The topological polar surface area (TPSA) is 136 Å². The van der Waals surface area contributed by atoms with Gasteiger partial charge in [0.2, 0.25) is 0 Å². The predicted molar refractivity (Wildman–Crippen MR) is 82.0 cm³/mol. The summed E-state index contributed by atoms with van der Waals surface area (Å²) in [7, 11) is 0. The summed E-state index contributed by atoms with van der Waals surface area (Å²) in [5, 5.41) is 25.4. The van der Waals surface area contributed by atoms with E-state index in [0.29, 0.717) is 12.2 Å². The van der Waals surface area contributed by atoms with Crippen molar-refractivity contribution in [1.29, 1.82) is 0 Å². The quantitative estimate of drug-likeness (QED) is 0.592. The molecule has 122 valence electrons. The summed E-state index contributed by atoms with van der Waals surface area (Å²) < 4.78 is 0. The average Bonchev–Trinajstić information content (AvgIpc) is 2.87. The Morgan fingerprint density at radius 2 is 1.83 bits per heavy atom. The maximum absolute atomic E-state index is 9.79. The Hall–Kier alpha value is -2.71. The molecule has 2 atom stereocenters. The van der Waals surface area contributed by atoms with E-state index in [4.69, 9.17) is 15.9 Å². The smallest absolute Gasteiger partial charge is 0.328 e. The number of nitrogens with two attached hydrogens (primary N) is 1. The molecule has 0 saturated carbocycles.